The summed E-state index contributed by atoms with van der Waals surface area (Å²) in [5.41, 5.74) is 1.01. The summed E-state index contributed by atoms with van der Waals surface area (Å²) < 4.78 is 21.3. The Morgan fingerprint density at radius 3 is 2.86 bits per heavy atom. The van der Waals surface area contributed by atoms with Crippen LogP contribution >= 0.6 is 27.7 Å². The summed E-state index contributed by atoms with van der Waals surface area (Å²) in [5, 5.41) is 9.25. The monoisotopic (exact) mass is 381 g/mol. The normalized spacial score (nSPS) is 11.0. The largest absolute Gasteiger partial charge is 0.461 e. The molecule has 114 valence electrons. The van der Waals surface area contributed by atoms with Gasteiger partial charge in [0.25, 0.3) is 0 Å². The van der Waals surface area contributed by atoms with Crippen molar-refractivity contribution < 1.29 is 8.81 Å². The summed E-state index contributed by atoms with van der Waals surface area (Å²) in [6, 6.07) is 8.38. The number of furan rings is 1. The Morgan fingerprint density at radius 2 is 2.18 bits per heavy atom. The highest BCUT2D eigenvalue weighted by atomic mass is 79.9. The quantitative estimate of drug-likeness (QED) is 0.598. The number of benzene rings is 1. The smallest absolute Gasteiger partial charge is 0.200 e. The second-order valence-corrected chi connectivity index (χ2v) is 6.35. The molecule has 3 rings (SSSR count). The summed E-state index contributed by atoms with van der Waals surface area (Å²) >= 11 is 4.94. The van der Waals surface area contributed by atoms with Crippen molar-refractivity contribution in [1.82, 2.24) is 14.8 Å². The van der Waals surface area contributed by atoms with Gasteiger partial charge < -0.3 is 4.42 Å². The third-order valence-corrected chi connectivity index (χ3v) is 4.90. The molecule has 0 atom stereocenters. The third kappa shape index (κ3) is 3.10. The van der Waals surface area contributed by atoms with Crippen LogP contribution in [0.3, 0.4) is 0 Å². The molecule has 0 aliphatic rings. The van der Waals surface area contributed by atoms with Crippen LogP contribution < -0.4 is 0 Å². The van der Waals surface area contributed by atoms with Crippen molar-refractivity contribution in [3.63, 3.8) is 0 Å². The molecule has 0 spiro atoms. The van der Waals surface area contributed by atoms with Crippen molar-refractivity contribution in [2.75, 3.05) is 0 Å². The van der Waals surface area contributed by atoms with Crippen LogP contribution in [-0.4, -0.2) is 14.8 Å². The summed E-state index contributed by atoms with van der Waals surface area (Å²) in [6.45, 7) is 2.78. The van der Waals surface area contributed by atoms with Crippen LogP contribution in [-0.2, 0) is 12.3 Å². The molecule has 2 aromatic heterocycles. The molecule has 0 amide bonds. The fourth-order valence-electron chi connectivity index (χ4n) is 2.05. The topological polar surface area (TPSA) is 43.9 Å². The van der Waals surface area contributed by atoms with E-state index in [1.165, 1.54) is 12.1 Å². The number of aromatic nitrogens is 3. The maximum absolute atomic E-state index is 13.1. The number of nitrogens with zero attached hydrogens (tertiary/aromatic N) is 3. The van der Waals surface area contributed by atoms with Gasteiger partial charge in [0.15, 0.2) is 16.7 Å². The molecule has 0 aliphatic carbocycles. The first-order chi connectivity index (χ1) is 10.7. The fraction of sp³-hybridized carbons (Fsp3) is 0.200. The van der Waals surface area contributed by atoms with E-state index >= 15 is 0 Å². The first kappa shape index (κ1) is 15.3. The van der Waals surface area contributed by atoms with Crippen LogP contribution in [0.1, 0.15) is 12.5 Å². The van der Waals surface area contributed by atoms with Gasteiger partial charge in [-0.05, 0) is 36.8 Å². The molecular weight excluding hydrogens is 369 g/mol. The lowest BCUT2D eigenvalue weighted by molar-refractivity contribution is 0.567. The average Bonchev–Trinajstić information content (AvgIpc) is 3.15. The standard InChI is InChI=1S/C15H13BrFN3OS/c1-2-20-14(13-4-3-7-21-13)18-19-15(20)22-9-10-5-6-11(17)8-12(10)16/h3-8H,2,9H2,1H3. The van der Waals surface area contributed by atoms with E-state index in [1.807, 2.05) is 23.6 Å². The van der Waals surface area contributed by atoms with Gasteiger partial charge in [-0.3, -0.25) is 4.57 Å². The molecule has 0 aliphatic heterocycles. The predicted octanol–water partition coefficient (Wildman–Crippen LogP) is 4.75. The summed E-state index contributed by atoms with van der Waals surface area (Å²) in [7, 11) is 0. The molecule has 7 heteroatoms. The Morgan fingerprint density at radius 1 is 1.32 bits per heavy atom. The van der Waals surface area contributed by atoms with Crippen molar-refractivity contribution in [2.24, 2.45) is 0 Å². The number of rotatable bonds is 5. The van der Waals surface area contributed by atoms with Gasteiger partial charge >= 0.3 is 0 Å². The molecule has 0 saturated carbocycles. The van der Waals surface area contributed by atoms with Crippen molar-refractivity contribution in [3.8, 4) is 11.6 Å². The lowest BCUT2D eigenvalue weighted by Gasteiger charge is -2.07. The zero-order valence-electron chi connectivity index (χ0n) is 11.8. The number of halogens is 2. The summed E-state index contributed by atoms with van der Waals surface area (Å²) in [4.78, 5) is 0. The zero-order chi connectivity index (χ0) is 15.5. The van der Waals surface area contributed by atoms with Crippen molar-refractivity contribution >= 4 is 27.7 Å². The van der Waals surface area contributed by atoms with Crippen molar-refractivity contribution in [2.45, 2.75) is 24.4 Å². The van der Waals surface area contributed by atoms with Gasteiger partial charge in [0, 0.05) is 16.8 Å². The van der Waals surface area contributed by atoms with E-state index in [9.17, 15) is 4.39 Å². The molecule has 4 nitrogen and oxygen atoms in total. The highest BCUT2D eigenvalue weighted by molar-refractivity contribution is 9.10. The Labute approximate surface area is 139 Å². The minimum atomic E-state index is -0.252. The fourth-order valence-corrected chi connectivity index (χ4v) is 3.73. The SMILES string of the molecule is CCn1c(SCc2ccc(F)cc2Br)nnc1-c1ccco1. The minimum Gasteiger partial charge on any atom is -0.461 e. The van der Waals surface area contributed by atoms with Gasteiger partial charge in [-0.1, -0.05) is 33.8 Å². The summed E-state index contributed by atoms with van der Waals surface area (Å²) in [5.74, 6) is 1.84. The second-order valence-electron chi connectivity index (χ2n) is 4.55. The van der Waals surface area contributed by atoms with Gasteiger partial charge in [-0.25, -0.2) is 4.39 Å². The highest BCUT2D eigenvalue weighted by Crippen LogP contribution is 2.29. The number of thioether (sulfide) groups is 1. The maximum Gasteiger partial charge on any atom is 0.200 e. The Bertz CT molecular complexity index is 773. The molecule has 1 aromatic carbocycles. The number of hydrogen-bond donors (Lipinski definition) is 0. The molecule has 2 heterocycles. The van der Waals surface area contributed by atoms with Crippen LogP contribution in [0.25, 0.3) is 11.6 Å². The second kappa shape index (κ2) is 6.66. The highest BCUT2D eigenvalue weighted by Gasteiger charge is 2.15. The van der Waals surface area contributed by atoms with E-state index in [4.69, 9.17) is 4.42 Å². The molecule has 3 aromatic rings. The molecule has 0 N–H and O–H groups in total. The van der Waals surface area contributed by atoms with Crippen molar-refractivity contribution in [3.05, 3.63) is 52.4 Å². The Kier molecular flexibility index (Phi) is 4.63. The van der Waals surface area contributed by atoms with Gasteiger partial charge in [-0.2, -0.15) is 0 Å². The van der Waals surface area contributed by atoms with Gasteiger partial charge in [-0.15, -0.1) is 10.2 Å². The van der Waals surface area contributed by atoms with Crippen LogP contribution in [0.2, 0.25) is 0 Å². The molecule has 0 bridgehead atoms. The van der Waals surface area contributed by atoms with E-state index in [0.29, 0.717) is 17.3 Å². The van der Waals surface area contributed by atoms with E-state index in [0.717, 1.165) is 21.7 Å². The lowest BCUT2D eigenvalue weighted by atomic mass is 10.2. The zero-order valence-corrected chi connectivity index (χ0v) is 14.2. The van der Waals surface area contributed by atoms with Gasteiger partial charge in [0.05, 0.1) is 6.26 Å². The van der Waals surface area contributed by atoms with E-state index in [2.05, 4.69) is 26.1 Å². The third-order valence-electron chi connectivity index (χ3n) is 3.15. The Hall–Kier alpha value is -1.60. The van der Waals surface area contributed by atoms with Crippen LogP contribution in [0, 0.1) is 5.82 Å². The van der Waals surface area contributed by atoms with E-state index < -0.39 is 0 Å². The molecule has 0 fully saturated rings. The van der Waals surface area contributed by atoms with Crippen LogP contribution in [0.15, 0.2) is 50.6 Å². The molecule has 0 unspecified atom stereocenters. The van der Waals surface area contributed by atoms with Crippen LogP contribution in [0.5, 0.6) is 0 Å². The molecular formula is C15H13BrFN3OS. The predicted molar refractivity (Wildman–Crippen MR) is 87.1 cm³/mol. The maximum atomic E-state index is 13.1. The first-order valence-corrected chi connectivity index (χ1v) is 8.50. The molecule has 0 saturated heterocycles. The number of hydrogen-bond acceptors (Lipinski definition) is 4. The van der Waals surface area contributed by atoms with Gasteiger partial charge in [0.1, 0.15) is 5.82 Å². The molecule has 22 heavy (non-hydrogen) atoms. The molecule has 0 radical (unpaired) electrons. The van der Waals surface area contributed by atoms with Crippen LogP contribution in [0.4, 0.5) is 4.39 Å². The lowest BCUT2D eigenvalue weighted by Crippen LogP contribution is -1.99. The average molecular weight is 382 g/mol. The Balaban J connectivity index is 1.81. The van der Waals surface area contributed by atoms with E-state index in [-0.39, 0.29) is 5.82 Å². The van der Waals surface area contributed by atoms with E-state index in [1.54, 1.807) is 24.1 Å². The van der Waals surface area contributed by atoms with Crippen molar-refractivity contribution in [1.29, 1.82) is 0 Å². The summed E-state index contributed by atoms with van der Waals surface area (Å²) in [6.07, 6.45) is 1.62. The minimum absolute atomic E-state index is 0.252. The van der Waals surface area contributed by atoms with Gasteiger partial charge in [0.2, 0.25) is 0 Å². The first-order valence-electron chi connectivity index (χ1n) is 6.73.